The molecule has 0 saturated carbocycles. The second-order valence-electron chi connectivity index (χ2n) is 8.48. The van der Waals surface area contributed by atoms with E-state index in [4.69, 9.17) is 4.74 Å². The van der Waals surface area contributed by atoms with Gasteiger partial charge in [0, 0.05) is 24.6 Å². The van der Waals surface area contributed by atoms with E-state index in [2.05, 4.69) is 10.3 Å². The number of methoxy groups -OCH3 is 1. The first-order valence-corrected chi connectivity index (χ1v) is 10.8. The highest BCUT2D eigenvalue weighted by atomic mass is 19.3. The van der Waals surface area contributed by atoms with Gasteiger partial charge >= 0.3 is 5.97 Å². The number of nitrogens with zero attached hydrogens (tertiary/aromatic N) is 4. The molecule has 1 aliphatic heterocycles. The van der Waals surface area contributed by atoms with E-state index in [0.717, 1.165) is 0 Å². The Morgan fingerprint density at radius 2 is 2.11 bits per heavy atom. The topological polar surface area (TPSA) is 120 Å². The maximum atomic E-state index is 14.4. The number of anilines is 2. The summed E-state index contributed by atoms with van der Waals surface area (Å²) in [5, 5.41) is 22.3. The minimum absolute atomic E-state index is 0.0683. The number of carbonyl (C=O) groups is 1. The summed E-state index contributed by atoms with van der Waals surface area (Å²) in [5.41, 5.74) is 0.807. The van der Waals surface area contributed by atoms with Crippen LogP contribution in [0.4, 0.5) is 20.3 Å². The number of hydrogen-bond acceptors (Lipinski definition) is 7. The average molecular weight is 483 g/mol. The number of aryl methyl sites for hydroxylation is 1. The van der Waals surface area contributed by atoms with Crippen molar-refractivity contribution in [1.82, 2.24) is 9.38 Å². The van der Waals surface area contributed by atoms with Gasteiger partial charge in [0.25, 0.3) is 11.5 Å². The van der Waals surface area contributed by atoms with Crippen LogP contribution >= 0.6 is 0 Å². The van der Waals surface area contributed by atoms with Crippen LogP contribution in [-0.4, -0.2) is 52.7 Å². The van der Waals surface area contributed by atoms with Crippen molar-refractivity contribution in [2.75, 3.05) is 30.4 Å². The molecular weight excluding hydrogens is 460 g/mol. The molecule has 11 heteroatoms. The van der Waals surface area contributed by atoms with Crippen molar-refractivity contribution in [3.63, 3.8) is 0 Å². The van der Waals surface area contributed by atoms with Crippen molar-refractivity contribution in [1.29, 1.82) is 5.26 Å². The summed E-state index contributed by atoms with van der Waals surface area (Å²) in [4.78, 5) is 30.5. The number of para-hydroxylation sites is 1. The SMILES string of the molecule is CO[C@@H]1CN(c2nc3c(C(C)Nc4ccccc4C(=O)O)cc(C)cn3c(=O)c2C#N)CC1(F)F. The second-order valence-corrected chi connectivity index (χ2v) is 8.48. The van der Waals surface area contributed by atoms with E-state index in [1.54, 1.807) is 38.1 Å². The molecule has 3 aromatic rings. The average Bonchev–Trinajstić information content (AvgIpc) is 3.13. The van der Waals surface area contributed by atoms with Gasteiger partial charge in [-0.05, 0) is 37.6 Å². The van der Waals surface area contributed by atoms with Crippen molar-refractivity contribution in [3.05, 3.63) is 69.1 Å². The fourth-order valence-electron chi connectivity index (χ4n) is 4.31. The predicted octanol–water partition coefficient (Wildman–Crippen LogP) is 3.22. The summed E-state index contributed by atoms with van der Waals surface area (Å²) in [6.45, 7) is 2.55. The van der Waals surface area contributed by atoms with Crippen LogP contribution < -0.4 is 15.8 Å². The Hall–Kier alpha value is -4.04. The lowest BCUT2D eigenvalue weighted by Crippen LogP contribution is -2.33. The lowest BCUT2D eigenvalue weighted by Gasteiger charge is -2.22. The van der Waals surface area contributed by atoms with Gasteiger partial charge in [0.1, 0.15) is 17.8 Å². The number of alkyl halides is 2. The van der Waals surface area contributed by atoms with Crippen LogP contribution in [0.2, 0.25) is 0 Å². The van der Waals surface area contributed by atoms with Crippen LogP contribution in [0.25, 0.3) is 5.65 Å². The number of rotatable bonds is 6. The Balaban J connectivity index is 1.86. The van der Waals surface area contributed by atoms with Crippen molar-refractivity contribution in [3.8, 4) is 6.07 Å². The number of nitriles is 1. The summed E-state index contributed by atoms with van der Waals surface area (Å²) in [7, 11) is 1.18. The van der Waals surface area contributed by atoms with Crippen molar-refractivity contribution in [2.45, 2.75) is 31.9 Å². The number of aromatic carboxylic acids is 1. The lowest BCUT2D eigenvalue weighted by molar-refractivity contribution is -0.0889. The summed E-state index contributed by atoms with van der Waals surface area (Å²) >= 11 is 0. The highest BCUT2D eigenvalue weighted by Gasteiger charge is 2.49. The number of aromatic nitrogens is 2. The number of hydrogen-bond donors (Lipinski definition) is 2. The van der Waals surface area contributed by atoms with Crippen LogP contribution in [0.5, 0.6) is 0 Å². The molecule has 1 fully saturated rings. The highest BCUT2D eigenvalue weighted by Crippen LogP contribution is 2.34. The normalized spacial score (nSPS) is 17.8. The molecule has 35 heavy (non-hydrogen) atoms. The van der Waals surface area contributed by atoms with Crippen LogP contribution in [0.1, 0.15) is 40.0 Å². The number of carboxylic acid groups (broad SMARTS) is 1. The molecule has 2 atom stereocenters. The maximum Gasteiger partial charge on any atom is 0.337 e. The molecule has 0 bridgehead atoms. The molecule has 2 N–H and O–H groups in total. The molecule has 4 rings (SSSR count). The number of pyridine rings is 1. The zero-order chi connectivity index (χ0) is 25.5. The minimum Gasteiger partial charge on any atom is -0.478 e. The van der Waals surface area contributed by atoms with E-state index in [9.17, 15) is 28.7 Å². The van der Waals surface area contributed by atoms with E-state index in [1.807, 2.05) is 6.07 Å². The fourth-order valence-corrected chi connectivity index (χ4v) is 4.31. The largest absolute Gasteiger partial charge is 0.478 e. The molecule has 0 radical (unpaired) electrons. The molecule has 182 valence electrons. The lowest BCUT2D eigenvalue weighted by atomic mass is 10.1. The predicted molar refractivity (Wildman–Crippen MR) is 124 cm³/mol. The summed E-state index contributed by atoms with van der Waals surface area (Å²) in [5.74, 6) is -4.42. The Morgan fingerprint density at radius 1 is 1.40 bits per heavy atom. The quantitative estimate of drug-likeness (QED) is 0.549. The first-order chi connectivity index (χ1) is 16.6. The van der Waals surface area contributed by atoms with Gasteiger partial charge in [0.15, 0.2) is 11.4 Å². The summed E-state index contributed by atoms with van der Waals surface area (Å²) in [6.07, 6.45) is 0.118. The first kappa shape index (κ1) is 24.1. The number of benzene rings is 1. The Morgan fingerprint density at radius 3 is 2.74 bits per heavy atom. The molecule has 3 heterocycles. The maximum absolute atomic E-state index is 14.4. The third kappa shape index (κ3) is 4.28. The van der Waals surface area contributed by atoms with Gasteiger partial charge in [-0.3, -0.25) is 9.20 Å². The van der Waals surface area contributed by atoms with Gasteiger partial charge in [0.05, 0.1) is 24.7 Å². The molecular formula is C24H23F2N5O4. The third-order valence-corrected chi connectivity index (χ3v) is 6.02. The zero-order valence-corrected chi connectivity index (χ0v) is 19.2. The first-order valence-electron chi connectivity index (χ1n) is 10.8. The zero-order valence-electron chi connectivity index (χ0n) is 19.2. The standard InChI is InChI=1S/C24H23F2N5O4/c1-13-8-16(14(2)28-18-7-5-4-6-15(18)23(33)34)21-29-20(17(9-27)22(32)31(21)10-13)30-11-19(35-3)24(25,26)12-30/h4-8,10,14,19,28H,11-12H2,1-3H3,(H,33,34)/t14?,19-/m1/s1. The molecule has 1 aliphatic rings. The van der Waals surface area contributed by atoms with Crippen LogP contribution in [0.15, 0.2) is 41.3 Å². The van der Waals surface area contributed by atoms with E-state index in [1.165, 1.54) is 28.7 Å². The number of ether oxygens (including phenoxy) is 1. The van der Waals surface area contributed by atoms with E-state index >= 15 is 0 Å². The smallest absolute Gasteiger partial charge is 0.337 e. The molecule has 2 aromatic heterocycles. The van der Waals surface area contributed by atoms with E-state index < -0.39 is 36.1 Å². The molecule has 0 spiro atoms. The highest BCUT2D eigenvalue weighted by molar-refractivity contribution is 5.94. The molecule has 0 amide bonds. The van der Waals surface area contributed by atoms with Crippen molar-refractivity contribution >= 4 is 23.1 Å². The van der Waals surface area contributed by atoms with Gasteiger partial charge in [-0.15, -0.1) is 0 Å². The van der Waals surface area contributed by atoms with E-state index in [-0.39, 0.29) is 29.1 Å². The molecule has 1 unspecified atom stereocenters. The summed E-state index contributed by atoms with van der Waals surface area (Å²) < 4.78 is 34.9. The number of halogens is 2. The second kappa shape index (κ2) is 8.96. The third-order valence-electron chi connectivity index (χ3n) is 6.02. The van der Waals surface area contributed by atoms with Crippen LogP contribution in [0.3, 0.4) is 0 Å². The fraction of sp³-hybridized carbons (Fsp3) is 0.333. The number of fused-ring (bicyclic) bond motifs is 1. The number of nitrogens with one attached hydrogen (secondary N) is 1. The van der Waals surface area contributed by atoms with Gasteiger partial charge in [-0.25, -0.2) is 18.6 Å². The number of carboxylic acids is 1. The van der Waals surface area contributed by atoms with Crippen LogP contribution in [0, 0.1) is 18.3 Å². The molecule has 9 nitrogen and oxygen atoms in total. The molecule has 1 aromatic carbocycles. The van der Waals surface area contributed by atoms with Crippen LogP contribution in [-0.2, 0) is 4.74 Å². The van der Waals surface area contributed by atoms with Gasteiger partial charge < -0.3 is 20.1 Å². The van der Waals surface area contributed by atoms with Gasteiger partial charge in [0.2, 0.25) is 0 Å². The molecule has 0 aliphatic carbocycles. The minimum atomic E-state index is -3.18. The Kier molecular flexibility index (Phi) is 6.17. The monoisotopic (exact) mass is 483 g/mol. The van der Waals surface area contributed by atoms with E-state index in [0.29, 0.717) is 16.8 Å². The van der Waals surface area contributed by atoms with Crippen molar-refractivity contribution < 1.29 is 23.4 Å². The Bertz CT molecular complexity index is 1420. The van der Waals surface area contributed by atoms with Gasteiger partial charge in [-0.2, -0.15) is 5.26 Å². The van der Waals surface area contributed by atoms with Gasteiger partial charge in [-0.1, -0.05) is 12.1 Å². The molecule has 1 saturated heterocycles. The summed E-state index contributed by atoms with van der Waals surface area (Å²) in [6, 6.07) is 9.45. The van der Waals surface area contributed by atoms with Crippen molar-refractivity contribution in [2.24, 2.45) is 0 Å². The Labute approximate surface area is 199 Å².